The number of benzene rings is 1. The van der Waals surface area contributed by atoms with Crippen molar-refractivity contribution < 1.29 is 18.0 Å². The maximum atomic E-state index is 12.7. The highest BCUT2D eigenvalue weighted by atomic mass is 19.4. The summed E-state index contributed by atoms with van der Waals surface area (Å²) in [7, 11) is 4.15. The number of anilines is 1. The molecule has 1 N–H and O–H groups in total. The van der Waals surface area contributed by atoms with Gasteiger partial charge >= 0.3 is 12.2 Å². The Balaban J connectivity index is 1.52. The van der Waals surface area contributed by atoms with Gasteiger partial charge in [0.05, 0.1) is 30.2 Å². The number of aromatic nitrogens is 2. The molecule has 1 saturated carbocycles. The van der Waals surface area contributed by atoms with Crippen LogP contribution in [-0.4, -0.2) is 47.1 Å². The molecular formula is C21H24F3N5O. The van der Waals surface area contributed by atoms with Crippen LogP contribution >= 0.6 is 0 Å². The molecule has 2 aromatic rings. The first-order valence-electron chi connectivity index (χ1n) is 9.87. The van der Waals surface area contributed by atoms with Crippen molar-refractivity contribution in [2.75, 3.05) is 25.5 Å². The Labute approximate surface area is 173 Å². The number of carbonyl (C=O) groups excluding carboxylic acids is 1. The van der Waals surface area contributed by atoms with Gasteiger partial charge in [0.15, 0.2) is 0 Å². The molecule has 1 saturated heterocycles. The normalized spacial score (nSPS) is 27.0. The van der Waals surface area contributed by atoms with Crippen molar-refractivity contribution in [1.82, 2.24) is 20.2 Å². The summed E-state index contributed by atoms with van der Waals surface area (Å²) >= 11 is 0. The van der Waals surface area contributed by atoms with Crippen LogP contribution in [0.5, 0.6) is 0 Å². The highest BCUT2D eigenvalue weighted by Crippen LogP contribution is 2.46. The van der Waals surface area contributed by atoms with E-state index < -0.39 is 17.5 Å². The lowest BCUT2D eigenvalue weighted by Gasteiger charge is -2.48. The van der Waals surface area contributed by atoms with Crippen molar-refractivity contribution in [2.45, 2.75) is 42.9 Å². The second-order valence-electron chi connectivity index (χ2n) is 8.35. The molecule has 2 amide bonds. The molecule has 9 heteroatoms. The molecule has 0 atom stereocenters. The second kappa shape index (κ2) is 7.23. The Bertz CT molecular complexity index is 906. The molecule has 0 radical (unpaired) electrons. The first-order chi connectivity index (χ1) is 14.2. The molecular weight excluding hydrogens is 395 g/mol. The molecule has 1 aromatic heterocycles. The van der Waals surface area contributed by atoms with E-state index >= 15 is 0 Å². The van der Waals surface area contributed by atoms with E-state index in [9.17, 15) is 18.0 Å². The van der Waals surface area contributed by atoms with E-state index in [-0.39, 0.29) is 17.3 Å². The number of hydrogen-bond acceptors (Lipinski definition) is 4. The number of nitrogens with zero attached hydrogens (tertiary/aromatic N) is 4. The summed E-state index contributed by atoms with van der Waals surface area (Å²) in [5.41, 5.74) is 1.00. The van der Waals surface area contributed by atoms with Crippen LogP contribution < -0.4 is 10.2 Å². The summed E-state index contributed by atoms with van der Waals surface area (Å²) < 4.78 is 38.1. The molecule has 2 heterocycles. The average molecular weight is 419 g/mol. The van der Waals surface area contributed by atoms with Crippen LogP contribution in [-0.2, 0) is 11.7 Å². The first kappa shape index (κ1) is 20.6. The van der Waals surface area contributed by atoms with Crippen molar-refractivity contribution in [3.8, 4) is 0 Å². The van der Waals surface area contributed by atoms with E-state index in [1.165, 1.54) is 10.5 Å². The van der Waals surface area contributed by atoms with Crippen molar-refractivity contribution in [3.05, 3.63) is 54.1 Å². The van der Waals surface area contributed by atoms with E-state index in [4.69, 9.17) is 0 Å². The van der Waals surface area contributed by atoms with E-state index in [1.807, 2.05) is 18.2 Å². The third-order valence-electron chi connectivity index (χ3n) is 6.48. The number of halogens is 3. The fourth-order valence-corrected chi connectivity index (χ4v) is 4.69. The van der Waals surface area contributed by atoms with Crippen LogP contribution in [0.4, 0.5) is 23.7 Å². The van der Waals surface area contributed by atoms with E-state index in [1.54, 1.807) is 0 Å². The Hall–Kier alpha value is -2.68. The van der Waals surface area contributed by atoms with Gasteiger partial charge in [-0.3, -0.25) is 9.80 Å². The summed E-state index contributed by atoms with van der Waals surface area (Å²) in [6.07, 6.45) is 0.775. The van der Waals surface area contributed by atoms with Gasteiger partial charge in [-0.25, -0.2) is 14.8 Å². The third-order valence-corrected chi connectivity index (χ3v) is 6.48. The van der Waals surface area contributed by atoms with Crippen molar-refractivity contribution >= 4 is 11.7 Å². The molecule has 1 aliphatic heterocycles. The van der Waals surface area contributed by atoms with Gasteiger partial charge in [0.25, 0.3) is 0 Å². The average Bonchev–Trinajstić information content (AvgIpc) is 3.04. The lowest BCUT2D eigenvalue weighted by atomic mass is 9.69. The van der Waals surface area contributed by atoms with Gasteiger partial charge in [0, 0.05) is 5.54 Å². The second-order valence-corrected chi connectivity index (χ2v) is 8.35. The first-order valence-corrected chi connectivity index (χ1v) is 9.87. The van der Waals surface area contributed by atoms with Crippen LogP contribution in [0.3, 0.4) is 0 Å². The highest BCUT2D eigenvalue weighted by Gasteiger charge is 2.50. The van der Waals surface area contributed by atoms with Gasteiger partial charge in [0.1, 0.15) is 0 Å². The van der Waals surface area contributed by atoms with Crippen LogP contribution in [0.2, 0.25) is 0 Å². The van der Waals surface area contributed by atoms with Crippen molar-refractivity contribution in [3.63, 3.8) is 0 Å². The largest absolute Gasteiger partial charge is 0.451 e. The number of carbonyl (C=O) groups is 1. The highest BCUT2D eigenvalue weighted by molar-refractivity contribution is 5.95. The molecule has 30 heavy (non-hydrogen) atoms. The third kappa shape index (κ3) is 3.51. The quantitative estimate of drug-likeness (QED) is 0.822. The number of hydrogen-bond donors (Lipinski definition) is 1. The lowest BCUT2D eigenvalue weighted by molar-refractivity contribution is -0.144. The Morgan fingerprint density at radius 3 is 2.17 bits per heavy atom. The number of amides is 2. The number of alkyl halides is 3. The van der Waals surface area contributed by atoms with Crippen molar-refractivity contribution in [2.24, 2.45) is 0 Å². The molecule has 0 bridgehead atoms. The smallest absolute Gasteiger partial charge is 0.330 e. The topological polar surface area (TPSA) is 61.4 Å². The van der Waals surface area contributed by atoms with Gasteiger partial charge in [0.2, 0.25) is 5.82 Å². The minimum atomic E-state index is -4.61. The number of nitrogens with one attached hydrogen (secondary N) is 1. The van der Waals surface area contributed by atoms with Crippen LogP contribution in [0, 0.1) is 0 Å². The summed E-state index contributed by atoms with van der Waals surface area (Å²) in [5.74, 6) is -1.21. The molecule has 6 nitrogen and oxygen atoms in total. The van der Waals surface area contributed by atoms with Gasteiger partial charge in [-0.2, -0.15) is 13.2 Å². The van der Waals surface area contributed by atoms with E-state index in [2.05, 4.69) is 46.4 Å². The summed E-state index contributed by atoms with van der Waals surface area (Å²) in [6.45, 7) is 0.388. The zero-order valence-corrected chi connectivity index (χ0v) is 16.9. The summed E-state index contributed by atoms with van der Waals surface area (Å²) in [6, 6.07) is 10.0. The molecule has 1 spiro atoms. The molecule has 4 rings (SSSR count). The molecule has 160 valence electrons. The predicted molar refractivity (Wildman–Crippen MR) is 106 cm³/mol. The molecule has 1 aliphatic carbocycles. The maximum Gasteiger partial charge on any atom is 0.451 e. The van der Waals surface area contributed by atoms with Gasteiger partial charge in [-0.05, 0) is 45.3 Å². The summed E-state index contributed by atoms with van der Waals surface area (Å²) in [4.78, 5) is 23.1. The monoisotopic (exact) mass is 419 g/mol. The Morgan fingerprint density at radius 2 is 1.63 bits per heavy atom. The fraction of sp³-hybridized carbons (Fsp3) is 0.476. The van der Waals surface area contributed by atoms with E-state index in [0.717, 1.165) is 38.1 Å². The SMILES string of the molecule is CN(C)C1(c2ccccc2)CCC2(CC1)CN(c1cnc(C(F)(F)F)nc1)C(=O)N2. The Kier molecular flexibility index (Phi) is 4.96. The maximum absolute atomic E-state index is 12.7. The molecule has 1 aromatic carbocycles. The standard InChI is InChI=1S/C21H24F3N5O/c1-28(2)20(15-6-4-3-5-7-15)10-8-19(9-11-20)14-29(18(30)27-19)16-12-25-17(26-13-16)21(22,23)24/h3-7,12-13H,8-11,14H2,1-2H3,(H,27,30). The Morgan fingerprint density at radius 1 is 1.03 bits per heavy atom. The van der Waals surface area contributed by atoms with Crippen molar-refractivity contribution in [1.29, 1.82) is 0 Å². The zero-order chi connectivity index (χ0) is 21.6. The van der Waals surface area contributed by atoms with E-state index in [0.29, 0.717) is 6.54 Å². The molecule has 2 fully saturated rings. The fourth-order valence-electron chi connectivity index (χ4n) is 4.69. The minimum Gasteiger partial charge on any atom is -0.330 e. The van der Waals surface area contributed by atoms with Crippen LogP contribution in [0.15, 0.2) is 42.7 Å². The predicted octanol–water partition coefficient (Wildman–Crippen LogP) is 3.79. The van der Waals surface area contributed by atoms with Crippen LogP contribution in [0.25, 0.3) is 0 Å². The van der Waals surface area contributed by atoms with Gasteiger partial charge < -0.3 is 5.32 Å². The minimum absolute atomic E-state index is 0.109. The zero-order valence-electron chi connectivity index (χ0n) is 16.9. The van der Waals surface area contributed by atoms with Gasteiger partial charge in [-0.1, -0.05) is 30.3 Å². The molecule has 2 aliphatic rings. The molecule has 0 unspecified atom stereocenters. The number of rotatable bonds is 3. The summed E-state index contributed by atoms with van der Waals surface area (Å²) in [5, 5.41) is 3.08. The van der Waals surface area contributed by atoms with Gasteiger partial charge in [-0.15, -0.1) is 0 Å². The lowest BCUT2D eigenvalue weighted by Crippen LogP contribution is -2.54. The number of urea groups is 1. The van der Waals surface area contributed by atoms with Crippen LogP contribution in [0.1, 0.15) is 37.1 Å².